The average molecular weight is 411 g/mol. The molecule has 1 aliphatic heterocycles. The summed E-state index contributed by atoms with van der Waals surface area (Å²) >= 11 is 5.80. The zero-order valence-electron chi connectivity index (χ0n) is 16.3. The molecule has 0 spiro atoms. The minimum atomic E-state index is -0.104. The van der Waals surface area contributed by atoms with Gasteiger partial charge >= 0.3 is 5.97 Å². The molecule has 0 bridgehead atoms. The van der Waals surface area contributed by atoms with Crippen LogP contribution in [0.5, 0.6) is 0 Å². The van der Waals surface area contributed by atoms with Gasteiger partial charge in [-0.3, -0.25) is 14.3 Å². The van der Waals surface area contributed by atoms with Crippen molar-refractivity contribution in [3.63, 3.8) is 0 Å². The van der Waals surface area contributed by atoms with Crippen LogP contribution in [0.3, 0.4) is 0 Å². The lowest BCUT2D eigenvalue weighted by Crippen LogP contribution is -3.12. The number of nitrogens with one attached hydrogen (secondary N) is 1. The molecule has 0 atom stereocenters. The largest absolute Gasteiger partial charge is 0.469 e. The summed E-state index contributed by atoms with van der Waals surface area (Å²) in [5, 5.41) is 4.84. The fourth-order valence-electron chi connectivity index (χ4n) is 3.80. The average Bonchev–Trinajstić information content (AvgIpc) is 3.11. The van der Waals surface area contributed by atoms with Gasteiger partial charge in [0.25, 0.3) is 0 Å². The summed E-state index contributed by atoms with van der Waals surface area (Å²) in [7, 11) is 1.46. The molecule has 1 N–H and O–H groups in total. The Morgan fingerprint density at radius 2 is 1.97 bits per heavy atom. The molecule has 29 heavy (non-hydrogen) atoms. The van der Waals surface area contributed by atoms with E-state index in [-0.39, 0.29) is 11.9 Å². The number of likely N-dealkylation sites (tertiary alicyclic amines) is 1. The van der Waals surface area contributed by atoms with Gasteiger partial charge in [0.05, 0.1) is 26.1 Å². The maximum absolute atomic E-state index is 11.8. The summed E-state index contributed by atoms with van der Waals surface area (Å²) in [4.78, 5) is 17.4. The molecule has 3 aromatic rings. The minimum absolute atomic E-state index is 0.00422. The Kier molecular flexibility index (Phi) is 5.82. The van der Waals surface area contributed by atoms with Gasteiger partial charge in [-0.25, -0.2) is 0 Å². The fraction of sp³-hybridized carbons (Fsp3) is 0.333. The van der Waals surface area contributed by atoms with Crippen molar-refractivity contribution in [3.8, 4) is 17.1 Å². The van der Waals surface area contributed by atoms with Gasteiger partial charge in [0.15, 0.2) is 12.5 Å². The van der Waals surface area contributed by atoms with Crippen LogP contribution in [-0.2, 0) is 16.2 Å². The van der Waals surface area contributed by atoms with Gasteiger partial charge in [-0.1, -0.05) is 18.2 Å². The number of methoxy groups -OCH3 is 1. The van der Waals surface area contributed by atoms with E-state index in [2.05, 4.69) is 4.98 Å². The second kappa shape index (κ2) is 8.67. The molecule has 150 valence electrons. The zero-order valence-corrected chi connectivity index (χ0v) is 17.1. The number of para-hydroxylation sites is 1. The summed E-state index contributed by atoms with van der Waals surface area (Å²) in [5.41, 5.74) is 1.89. The first-order valence-electron chi connectivity index (χ1n) is 9.74. The molecule has 0 aliphatic carbocycles. The number of pyridine rings is 1. The molecular formula is C21H24N5O2S+. The van der Waals surface area contributed by atoms with Crippen LogP contribution in [0.25, 0.3) is 17.1 Å². The monoisotopic (exact) mass is 410 g/mol. The third-order valence-corrected chi connectivity index (χ3v) is 5.77. The Bertz CT molecular complexity index is 1020. The third-order valence-electron chi connectivity index (χ3n) is 5.37. The Labute approximate surface area is 174 Å². The topological polar surface area (TPSA) is 66.4 Å². The van der Waals surface area contributed by atoms with Gasteiger partial charge in [0, 0.05) is 36.5 Å². The van der Waals surface area contributed by atoms with E-state index in [9.17, 15) is 4.79 Å². The van der Waals surface area contributed by atoms with Crippen LogP contribution in [0.15, 0.2) is 54.9 Å². The summed E-state index contributed by atoms with van der Waals surface area (Å²) in [6, 6.07) is 13.9. The van der Waals surface area contributed by atoms with Crippen LogP contribution in [0.2, 0.25) is 0 Å². The Hall–Kier alpha value is -2.84. The number of piperidine rings is 1. The number of carbonyl (C=O) groups excluding carboxylic acids is 1. The summed E-state index contributed by atoms with van der Waals surface area (Å²) < 4.78 is 9.42. The maximum atomic E-state index is 11.8. The standard InChI is InChI=1S/C21H23N5O2S/c1-28-20(27)16-9-12-24(13-10-16)15-25-21(29)26(18-7-3-2-4-8-18)19(23-25)17-6-5-11-22-14-17/h2-8,11,14,16H,9-10,12-13,15H2,1H3/p+1. The zero-order chi connectivity index (χ0) is 20.2. The van der Waals surface area contributed by atoms with Gasteiger partial charge in [-0.15, -0.1) is 5.10 Å². The Morgan fingerprint density at radius 3 is 2.62 bits per heavy atom. The van der Waals surface area contributed by atoms with E-state index in [4.69, 9.17) is 22.1 Å². The number of benzene rings is 1. The molecule has 0 saturated carbocycles. The molecule has 8 heteroatoms. The molecule has 2 aromatic heterocycles. The number of carbonyl (C=O) groups is 1. The van der Waals surface area contributed by atoms with E-state index in [1.807, 2.05) is 51.7 Å². The maximum Gasteiger partial charge on any atom is 0.309 e. The van der Waals surface area contributed by atoms with Crippen LogP contribution in [0.4, 0.5) is 0 Å². The second-order valence-corrected chi connectivity index (χ2v) is 7.59. The third kappa shape index (κ3) is 4.13. The second-order valence-electron chi connectivity index (χ2n) is 7.22. The van der Waals surface area contributed by atoms with Crippen molar-refractivity contribution >= 4 is 18.2 Å². The van der Waals surface area contributed by atoms with E-state index >= 15 is 0 Å². The van der Waals surface area contributed by atoms with Crippen molar-refractivity contribution in [1.29, 1.82) is 0 Å². The van der Waals surface area contributed by atoms with Gasteiger partial charge in [-0.05, 0) is 36.5 Å². The predicted octanol–water partition coefficient (Wildman–Crippen LogP) is 1.89. The van der Waals surface area contributed by atoms with Crippen LogP contribution >= 0.6 is 12.2 Å². The number of ether oxygens (including phenoxy) is 1. The van der Waals surface area contributed by atoms with Crippen molar-refractivity contribution in [2.24, 2.45) is 5.92 Å². The van der Waals surface area contributed by atoms with E-state index < -0.39 is 0 Å². The van der Waals surface area contributed by atoms with Gasteiger partial charge in [-0.2, -0.15) is 4.68 Å². The first-order chi connectivity index (χ1) is 14.2. The lowest BCUT2D eigenvalue weighted by atomic mass is 9.97. The number of hydrogen-bond acceptors (Lipinski definition) is 5. The van der Waals surface area contributed by atoms with E-state index in [1.165, 1.54) is 12.0 Å². The smallest absolute Gasteiger partial charge is 0.309 e. The molecule has 1 aliphatic rings. The molecule has 0 unspecified atom stereocenters. The molecule has 4 rings (SSSR count). The summed E-state index contributed by atoms with van der Waals surface area (Å²) in [5.74, 6) is 0.676. The van der Waals surface area contributed by atoms with Crippen molar-refractivity contribution in [1.82, 2.24) is 19.3 Å². The number of nitrogens with zero attached hydrogens (tertiary/aromatic N) is 4. The van der Waals surface area contributed by atoms with Crippen molar-refractivity contribution < 1.29 is 14.4 Å². The van der Waals surface area contributed by atoms with E-state index in [0.29, 0.717) is 11.4 Å². The van der Waals surface area contributed by atoms with Gasteiger partial charge < -0.3 is 9.64 Å². The highest BCUT2D eigenvalue weighted by atomic mass is 32.1. The molecule has 7 nitrogen and oxygen atoms in total. The van der Waals surface area contributed by atoms with Crippen LogP contribution in [0.1, 0.15) is 12.8 Å². The first-order valence-corrected chi connectivity index (χ1v) is 10.2. The number of rotatable bonds is 5. The number of quaternary nitrogens is 1. The molecular weight excluding hydrogens is 386 g/mol. The van der Waals surface area contributed by atoms with Crippen molar-refractivity contribution in [2.45, 2.75) is 19.5 Å². The highest BCUT2D eigenvalue weighted by molar-refractivity contribution is 7.71. The van der Waals surface area contributed by atoms with Gasteiger partial charge in [0.1, 0.15) is 0 Å². The SMILES string of the molecule is COC(=O)C1CC[NH+](Cn2nc(-c3cccnc3)n(-c3ccccc3)c2=S)CC1. The lowest BCUT2D eigenvalue weighted by molar-refractivity contribution is -0.929. The van der Waals surface area contributed by atoms with Crippen molar-refractivity contribution in [2.75, 3.05) is 20.2 Å². The Balaban J connectivity index is 1.63. The van der Waals surface area contributed by atoms with Crippen LogP contribution in [0, 0.1) is 10.7 Å². The Morgan fingerprint density at radius 1 is 1.21 bits per heavy atom. The first kappa shape index (κ1) is 19.5. The quantitative estimate of drug-likeness (QED) is 0.514. The number of aromatic nitrogens is 4. The van der Waals surface area contributed by atoms with E-state index in [1.54, 1.807) is 12.4 Å². The highest BCUT2D eigenvalue weighted by Crippen LogP contribution is 2.21. The minimum Gasteiger partial charge on any atom is -0.469 e. The molecule has 1 fully saturated rings. The molecule has 1 aromatic carbocycles. The predicted molar refractivity (Wildman–Crippen MR) is 111 cm³/mol. The molecule has 3 heterocycles. The number of hydrogen-bond donors (Lipinski definition) is 1. The van der Waals surface area contributed by atoms with Crippen LogP contribution < -0.4 is 4.90 Å². The number of esters is 1. The normalized spacial score (nSPS) is 19.1. The van der Waals surface area contributed by atoms with Crippen LogP contribution in [-0.4, -0.2) is 45.5 Å². The molecule has 1 saturated heterocycles. The summed E-state index contributed by atoms with van der Waals surface area (Å²) in [6.07, 6.45) is 5.20. The molecule has 0 radical (unpaired) electrons. The lowest BCUT2D eigenvalue weighted by Gasteiger charge is -2.27. The highest BCUT2D eigenvalue weighted by Gasteiger charge is 2.28. The molecule has 0 amide bonds. The van der Waals surface area contributed by atoms with E-state index in [0.717, 1.165) is 43.0 Å². The summed E-state index contributed by atoms with van der Waals surface area (Å²) in [6.45, 7) is 2.45. The fourth-order valence-corrected chi connectivity index (χ4v) is 4.10. The van der Waals surface area contributed by atoms with Gasteiger partial charge in [0.2, 0.25) is 4.77 Å². The van der Waals surface area contributed by atoms with Crippen molar-refractivity contribution in [3.05, 3.63) is 59.6 Å².